The van der Waals surface area contributed by atoms with Crippen molar-refractivity contribution in [3.8, 4) is 0 Å². The Morgan fingerprint density at radius 2 is 1.71 bits per heavy atom. The summed E-state index contributed by atoms with van der Waals surface area (Å²) in [6.07, 6.45) is 1.68. The van der Waals surface area contributed by atoms with E-state index in [0.29, 0.717) is 5.56 Å². The molecule has 0 saturated heterocycles. The molecule has 0 unspecified atom stereocenters. The molecule has 0 aliphatic heterocycles. The summed E-state index contributed by atoms with van der Waals surface area (Å²) in [7, 11) is 0. The van der Waals surface area contributed by atoms with Crippen molar-refractivity contribution in [3.63, 3.8) is 0 Å². The van der Waals surface area contributed by atoms with Gasteiger partial charge in [-0.05, 0) is 36.1 Å². The summed E-state index contributed by atoms with van der Waals surface area (Å²) < 4.78 is 1.05. The maximum absolute atomic E-state index is 10.8. The predicted octanol–water partition coefficient (Wildman–Crippen LogP) is 3.27. The number of benzene rings is 1. The number of hydrogen-bond donors (Lipinski definition) is 1. The van der Waals surface area contributed by atoms with Crippen molar-refractivity contribution in [2.24, 2.45) is 0 Å². The van der Waals surface area contributed by atoms with Gasteiger partial charge in [0.1, 0.15) is 0 Å². The summed E-state index contributed by atoms with van der Waals surface area (Å²) in [4.78, 5) is 10.8. The molecule has 0 radical (unpaired) electrons. The van der Waals surface area contributed by atoms with E-state index in [1.807, 2.05) is 13.8 Å². The van der Waals surface area contributed by atoms with E-state index in [0.717, 1.165) is 28.4 Å². The minimum Gasteiger partial charge on any atom is -0.478 e. The molecule has 0 aromatic heterocycles. The molecule has 0 saturated carbocycles. The number of hydrogen-bond acceptors (Lipinski definition) is 1. The summed E-state index contributed by atoms with van der Waals surface area (Å²) >= 11 is 3.49. The zero-order chi connectivity index (χ0) is 10.7. The van der Waals surface area contributed by atoms with Crippen LogP contribution >= 0.6 is 15.9 Å². The van der Waals surface area contributed by atoms with Crippen molar-refractivity contribution in [1.29, 1.82) is 0 Å². The summed E-state index contributed by atoms with van der Waals surface area (Å²) in [5.74, 6) is -0.859. The van der Waals surface area contributed by atoms with E-state index in [1.54, 1.807) is 12.1 Å². The fourth-order valence-corrected chi connectivity index (χ4v) is 2.18. The Hall–Kier alpha value is -0.830. The standard InChI is InChI=1S/C11H13BrO2/c1-3-7-5-9(11(13)14)6-8(4-2)10(7)12/h5-6H,3-4H2,1-2H3,(H,13,14). The van der Waals surface area contributed by atoms with Crippen molar-refractivity contribution in [3.05, 3.63) is 33.3 Å². The van der Waals surface area contributed by atoms with E-state index in [4.69, 9.17) is 5.11 Å². The van der Waals surface area contributed by atoms with Crippen LogP contribution in [0.3, 0.4) is 0 Å². The Balaban J connectivity index is 3.32. The predicted molar refractivity (Wildman–Crippen MR) is 59.9 cm³/mol. The van der Waals surface area contributed by atoms with Crippen molar-refractivity contribution in [1.82, 2.24) is 0 Å². The molecule has 0 bridgehead atoms. The second-order valence-corrected chi connectivity index (χ2v) is 3.91. The summed E-state index contributed by atoms with van der Waals surface area (Å²) in [5.41, 5.74) is 2.49. The van der Waals surface area contributed by atoms with Crippen LogP contribution in [0.15, 0.2) is 16.6 Å². The van der Waals surface area contributed by atoms with Crippen molar-refractivity contribution >= 4 is 21.9 Å². The normalized spacial score (nSPS) is 10.2. The van der Waals surface area contributed by atoms with E-state index in [-0.39, 0.29) is 0 Å². The van der Waals surface area contributed by atoms with Gasteiger partial charge in [-0.25, -0.2) is 4.79 Å². The van der Waals surface area contributed by atoms with Crippen LogP contribution in [0.25, 0.3) is 0 Å². The third kappa shape index (κ3) is 2.15. The van der Waals surface area contributed by atoms with Crippen molar-refractivity contribution in [2.75, 3.05) is 0 Å². The maximum atomic E-state index is 10.8. The van der Waals surface area contributed by atoms with Gasteiger partial charge in [0, 0.05) is 4.47 Å². The lowest BCUT2D eigenvalue weighted by atomic mass is 10.0. The highest BCUT2D eigenvalue weighted by atomic mass is 79.9. The van der Waals surface area contributed by atoms with Crippen LogP contribution in [-0.2, 0) is 12.8 Å². The number of aromatic carboxylic acids is 1. The molecule has 2 nitrogen and oxygen atoms in total. The minimum atomic E-state index is -0.859. The molecule has 1 rings (SSSR count). The van der Waals surface area contributed by atoms with Crippen LogP contribution in [0.2, 0.25) is 0 Å². The highest BCUT2D eigenvalue weighted by Crippen LogP contribution is 2.25. The van der Waals surface area contributed by atoms with E-state index >= 15 is 0 Å². The third-order valence-corrected chi connectivity index (χ3v) is 3.25. The Morgan fingerprint density at radius 3 is 2.00 bits per heavy atom. The van der Waals surface area contributed by atoms with Crippen LogP contribution in [0.4, 0.5) is 0 Å². The second kappa shape index (κ2) is 4.60. The number of carboxylic acids is 1. The first kappa shape index (κ1) is 11.2. The Morgan fingerprint density at radius 1 is 1.29 bits per heavy atom. The van der Waals surface area contributed by atoms with Gasteiger partial charge in [-0.3, -0.25) is 0 Å². The van der Waals surface area contributed by atoms with Gasteiger partial charge in [-0.2, -0.15) is 0 Å². The SMILES string of the molecule is CCc1cc(C(=O)O)cc(CC)c1Br. The highest BCUT2D eigenvalue weighted by molar-refractivity contribution is 9.10. The molecule has 0 spiro atoms. The van der Waals surface area contributed by atoms with Crippen LogP contribution in [0.1, 0.15) is 35.3 Å². The van der Waals surface area contributed by atoms with Crippen LogP contribution in [0, 0.1) is 0 Å². The quantitative estimate of drug-likeness (QED) is 0.902. The summed E-state index contributed by atoms with van der Waals surface area (Å²) in [6.45, 7) is 4.04. The van der Waals surface area contributed by atoms with Gasteiger partial charge in [0.15, 0.2) is 0 Å². The van der Waals surface area contributed by atoms with E-state index in [9.17, 15) is 4.79 Å². The van der Waals surface area contributed by atoms with Gasteiger partial charge in [-0.15, -0.1) is 0 Å². The highest BCUT2D eigenvalue weighted by Gasteiger charge is 2.10. The number of carbonyl (C=O) groups is 1. The van der Waals surface area contributed by atoms with Crippen LogP contribution in [-0.4, -0.2) is 11.1 Å². The Bertz CT molecular complexity index is 333. The lowest BCUT2D eigenvalue weighted by molar-refractivity contribution is 0.0696. The lowest BCUT2D eigenvalue weighted by Gasteiger charge is -2.08. The van der Waals surface area contributed by atoms with E-state index < -0.39 is 5.97 Å². The molecular weight excluding hydrogens is 244 g/mol. The number of carboxylic acid groups (broad SMARTS) is 1. The zero-order valence-electron chi connectivity index (χ0n) is 8.30. The fourth-order valence-electron chi connectivity index (χ4n) is 1.39. The first-order chi connectivity index (χ1) is 6.60. The first-order valence-electron chi connectivity index (χ1n) is 4.64. The molecule has 0 heterocycles. The van der Waals surface area contributed by atoms with E-state index in [2.05, 4.69) is 15.9 Å². The maximum Gasteiger partial charge on any atom is 0.335 e. The average Bonchev–Trinajstić information content (AvgIpc) is 2.17. The molecule has 1 aromatic carbocycles. The third-order valence-electron chi connectivity index (χ3n) is 2.23. The van der Waals surface area contributed by atoms with Gasteiger partial charge < -0.3 is 5.11 Å². The molecule has 0 aliphatic carbocycles. The van der Waals surface area contributed by atoms with Gasteiger partial charge in [0.05, 0.1) is 5.56 Å². The molecular formula is C11H13BrO2. The molecule has 1 N–H and O–H groups in total. The number of halogens is 1. The summed E-state index contributed by atoms with van der Waals surface area (Å²) in [6, 6.07) is 3.46. The van der Waals surface area contributed by atoms with Gasteiger partial charge >= 0.3 is 5.97 Å². The van der Waals surface area contributed by atoms with Gasteiger partial charge in [0.25, 0.3) is 0 Å². The number of aryl methyl sites for hydroxylation is 2. The number of rotatable bonds is 3. The van der Waals surface area contributed by atoms with E-state index in [1.165, 1.54) is 0 Å². The lowest BCUT2D eigenvalue weighted by Crippen LogP contribution is -2.01. The largest absolute Gasteiger partial charge is 0.478 e. The topological polar surface area (TPSA) is 37.3 Å². The molecule has 1 aromatic rings. The molecule has 0 atom stereocenters. The first-order valence-corrected chi connectivity index (χ1v) is 5.44. The Kier molecular flexibility index (Phi) is 3.69. The molecule has 0 aliphatic rings. The van der Waals surface area contributed by atoms with Crippen LogP contribution in [0.5, 0.6) is 0 Å². The second-order valence-electron chi connectivity index (χ2n) is 3.12. The summed E-state index contributed by atoms with van der Waals surface area (Å²) in [5, 5.41) is 8.90. The van der Waals surface area contributed by atoms with Gasteiger partial charge in [-0.1, -0.05) is 29.8 Å². The molecule has 0 amide bonds. The smallest absolute Gasteiger partial charge is 0.335 e. The fraction of sp³-hybridized carbons (Fsp3) is 0.364. The molecule has 76 valence electrons. The van der Waals surface area contributed by atoms with Gasteiger partial charge in [0.2, 0.25) is 0 Å². The zero-order valence-corrected chi connectivity index (χ0v) is 9.89. The van der Waals surface area contributed by atoms with Crippen molar-refractivity contribution < 1.29 is 9.90 Å². The molecule has 0 fully saturated rings. The van der Waals surface area contributed by atoms with Crippen LogP contribution < -0.4 is 0 Å². The average molecular weight is 257 g/mol. The van der Waals surface area contributed by atoms with Crippen molar-refractivity contribution in [2.45, 2.75) is 26.7 Å². The molecule has 3 heteroatoms. The monoisotopic (exact) mass is 256 g/mol. The minimum absolute atomic E-state index is 0.377. The Labute approximate surface area is 92.1 Å². The molecule has 14 heavy (non-hydrogen) atoms.